The summed E-state index contributed by atoms with van der Waals surface area (Å²) in [6.45, 7) is 1.69. The van der Waals surface area contributed by atoms with Crippen molar-refractivity contribution < 1.29 is 4.79 Å². The van der Waals surface area contributed by atoms with E-state index in [1.165, 1.54) is 5.56 Å². The van der Waals surface area contributed by atoms with Crippen molar-refractivity contribution in [3.05, 3.63) is 35.8 Å². The summed E-state index contributed by atoms with van der Waals surface area (Å²) in [5.74, 6) is 1.37. The minimum atomic E-state index is 0.0974. The van der Waals surface area contributed by atoms with Crippen LogP contribution in [0.4, 0.5) is 11.5 Å². The molecular formula is C21H30N6O. The molecule has 2 aromatic heterocycles. The number of amides is 1. The zero-order valence-corrected chi connectivity index (χ0v) is 16.8. The van der Waals surface area contributed by atoms with E-state index in [1.807, 2.05) is 37.5 Å². The first-order valence-corrected chi connectivity index (χ1v) is 10.3. The lowest BCUT2D eigenvalue weighted by molar-refractivity contribution is -0.135. The molecule has 3 heterocycles. The van der Waals surface area contributed by atoms with E-state index in [-0.39, 0.29) is 5.92 Å². The van der Waals surface area contributed by atoms with Gasteiger partial charge in [-0.05, 0) is 49.8 Å². The molecular weight excluding hydrogens is 352 g/mol. The number of H-pyrrole nitrogens is 1. The van der Waals surface area contributed by atoms with E-state index in [0.717, 1.165) is 68.8 Å². The Morgan fingerprint density at radius 2 is 2.11 bits per heavy atom. The number of aromatic amines is 1. The van der Waals surface area contributed by atoms with Gasteiger partial charge in [-0.2, -0.15) is 5.10 Å². The van der Waals surface area contributed by atoms with Crippen LogP contribution in [0.25, 0.3) is 0 Å². The topological polar surface area (TPSA) is 77.1 Å². The maximum absolute atomic E-state index is 13.1. The number of fused-ring (bicyclic) bond motifs is 1. The summed E-state index contributed by atoms with van der Waals surface area (Å²) in [4.78, 5) is 21.6. The van der Waals surface area contributed by atoms with Crippen molar-refractivity contribution in [1.29, 1.82) is 0 Å². The Bertz CT molecular complexity index is 799. The zero-order valence-electron chi connectivity index (χ0n) is 16.8. The minimum absolute atomic E-state index is 0.0974. The van der Waals surface area contributed by atoms with Gasteiger partial charge in [-0.1, -0.05) is 0 Å². The van der Waals surface area contributed by atoms with Crippen LogP contribution in [0, 0.1) is 5.92 Å². The number of hydrogen-bond acceptors (Lipinski definition) is 5. The predicted molar refractivity (Wildman–Crippen MR) is 111 cm³/mol. The number of rotatable bonds is 4. The second-order valence-electron chi connectivity index (χ2n) is 8.21. The lowest BCUT2D eigenvalue weighted by atomic mass is 9.87. The molecule has 0 spiro atoms. The van der Waals surface area contributed by atoms with Crippen LogP contribution < -0.4 is 10.2 Å². The van der Waals surface area contributed by atoms with Gasteiger partial charge in [0.15, 0.2) is 0 Å². The quantitative estimate of drug-likeness (QED) is 0.849. The second kappa shape index (κ2) is 8.20. The summed E-state index contributed by atoms with van der Waals surface area (Å²) in [6, 6.07) is 4.50. The Kier molecular flexibility index (Phi) is 5.50. The molecule has 2 aromatic rings. The number of pyridine rings is 1. The Morgan fingerprint density at radius 1 is 1.21 bits per heavy atom. The van der Waals surface area contributed by atoms with Crippen molar-refractivity contribution in [2.75, 3.05) is 37.4 Å². The van der Waals surface area contributed by atoms with Crippen LogP contribution in [0.2, 0.25) is 0 Å². The van der Waals surface area contributed by atoms with Gasteiger partial charge < -0.3 is 15.1 Å². The van der Waals surface area contributed by atoms with Crippen LogP contribution in [0.5, 0.6) is 0 Å². The zero-order chi connectivity index (χ0) is 19.5. The number of nitrogens with one attached hydrogen (secondary N) is 2. The second-order valence-corrected chi connectivity index (χ2v) is 8.21. The molecule has 1 amide bonds. The van der Waals surface area contributed by atoms with E-state index in [9.17, 15) is 4.79 Å². The van der Waals surface area contributed by atoms with Gasteiger partial charge in [-0.25, -0.2) is 4.98 Å². The highest BCUT2D eigenvalue weighted by atomic mass is 16.2. The molecule has 28 heavy (non-hydrogen) atoms. The molecule has 7 nitrogen and oxygen atoms in total. The fourth-order valence-corrected chi connectivity index (χ4v) is 4.31. The molecule has 1 saturated heterocycles. The van der Waals surface area contributed by atoms with Gasteiger partial charge in [0.1, 0.15) is 5.82 Å². The lowest BCUT2D eigenvalue weighted by Gasteiger charge is -2.28. The number of aromatic nitrogens is 3. The highest BCUT2D eigenvalue weighted by Gasteiger charge is 2.30. The highest BCUT2D eigenvalue weighted by Crippen LogP contribution is 2.26. The van der Waals surface area contributed by atoms with Gasteiger partial charge in [0.25, 0.3) is 0 Å². The Hall–Kier alpha value is -2.57. The summed E-state index contributed by atoms with van der Waals surface area (Å²) in [5, 5.41) is 10.8. The molecule has 0 radical (unpaired) electrons. The minimum Gasteiger partial charge on any atom is -0.381 e. The van der Waals surface area contributed by atoms with Crippen molar-refractivity contribution >= 4 is 17.4 Å². The summed E-state index contributed by atoms with van der Waals surface area (Å²) in [6.07, 6.45) is 9.58. The van der Waals surface area contributed by atoms with E-state index in [2.05, 4.69) is 31.5 Å². The van der Waals surface area contributed by atoms with Crippen LogP contribution in [0.3, 0.4) is 0 Å². The number of nitrogens with zero attached hydrogens (tertiary/aromatic N) is 4. The first-order chi connectivity index (χ1) is 13.6. The molecule has 150 valence electrons. The van der Waals surface area contributed by atoms with Gasteiger partial charge >= 0.3 is 0 Å². The predicted octanol–water partition coefficient (Wildman–Crippen LogP) is 2.47. The SMILES string of the molecule is CN(C)c1ccc(N[C@H]2CCCN(C(=O)[C@@H]3CCc4cn[nH]c4C3)CC2)cn1. The third-order valence-electron chi connectivity index (χ3n) is 5.99. The number of aryl methyl sites for hydroxylation is 1. The lowest BCUT2D eigenvalue weighted by Crippen LogP contribution is -2.39. The molecule has 7 heteroatoms. The van der Waals surface area contributed by atoms with Crippen molar-refractivity contribution in [3.63, 3.8) is 0 Å². The van der Waals surface area contributed by atoms with E-state index in [0.29, 0.717) is 11.9 Å². The average Bonchev–Trinajstić information content (AvgIpc) is 3.06. The van der Waals surface area contributed by atoms with Gasteiger partial charge in [0.2, 0.25) is 5.91 Å². The van der Waals surface area contributed by atoms with Crippen molar-refractivity contribution in [1.82, 2.24) is 20.1 Å². The molecule has 2 N–H and O–H groups in total. The molecule has 0 unspecified atom stereocenters. The van der Waals surface area contributed by atoms with Gasteiger partial charge in [0.05, 0.1) is 18.1 Å². The average molecular weight is 383 g/mol. The number of carbonyl (C=O) groups excluding carboxylic acids is 1. The van der Waals surface area contributed by atoms with Crippen LogP contribution in [0.15, 0.2) is 24.5 Å². The number of hydrogen-bond donors (Lipinski definition) is 2. The molecule has 1 aliphatic carbocycles. The fraction of sp³-hybridized carbons (Fsp3) is 0.571. The van der Waals surface area contributed by atoms with Crippen LogP contribution in [-0.4, -0.2) is 59.2 Å². The summed E-state index contributed by atoms with van der Waals surface area (Å²) in [7, 11) is 3.98. The smallest absolute Gasteiger partial charge is 0.226 e. The Labute approximate surface area is 166 Å². The molecule has 4 rings (SSSR count). The first kappa shape index (κ1) is 18.8. The van der Waals surface area contributed by atoms with Crippen LogP contribution >= 0.6 is 0 Å². The monoisotopic (exact) mass is 382 g/mol. The normalized spacial score (nSPS) is 22.3. The maximum atomic E-state index is 13.1. The molecule has 1 aliphatic heterocycles. The van der Waals surface area contributed by atoms with Crippen LogP contribution in [0.1, 0.15) is 36.9 Å². The molecule has 1 fully saturated rings. The molecule has 0 aromatic carbocycles. The highest BCUT2D eigenvalue weighted by molar-refractivity contribution is 5.79. The largest absolute Gasteiger partial charge is 0.381 e. The Morgan fingerprint density at radius 3 is 2.89 bits per heavy atom. The molecule has 2 atom stereocenters. The third-order valence-corrected chi connectivity index (χ3v) is 5.99. The summed E-state index contributed by atoms with van der Waals surface area (Å²) < 4.78 is 0. The Balaban J connectivity index is 1.31. The van der Waals surface area contributed by atoms with Crippen molar-refractivity contribution in [2.24, 2.45) is 5.92 Å². The number of carbonyl (C=O) groups is 1. The van der Waals surface area contributed by atoms with E-state index in [1.54, 1.807) is 0 Å². The van der Waals surface area contributed by atoms with E-state index in [4.69, 9.17) is 0 Å². The van der Waals surface area contributed by atoms with E-state index < -0.39 is 0 Å². The van der Waals surface area contributed by atoms with Gasteiger partial charge in [-0.15, -0.1) is 0 Å². The summed E-state index contributed by atoms with van der Waals surface area (Å²) >= 11 is 0. The molecule has 0 bridgehead atoms. The van der Waals surface area contributed by atoms with Crippen LogP contribution in [-0.2, 0) is 17.6 Å². The van der Waals surface area contributed by atoms with Crippen molar-refractivity contribution in [3.8, 4) is 0 Å². The maximum Gasteiger partial charge on any atom is 0.226 e. The third kappa shape index (κ3) is 4.13. The standard InChI is InChI=1S/C21H30N6O/c1-26(2)20-8-7-18(14-22-20)24-17-4-3-10-27(11-9-17)21(28)15-5-6-16-13-23-25-19(16)12-15/h7-8,13-15,17,24H,3-6,9-12H2,1-2H3,(H,23,25)/t15-,17+/m1/s1. The van der Waals surface area contributed by atoms with Gasteiger partial charge in [-0.3, -0.25) is 9.89 Å². The van der Waals surface area contributed by atoms with Gasteiger partial charge in [0, 0.05) is 51.3 Å². The van der Waals surface area contributed by atoms with E-state index >= 15 is 0 Å². The first-order valence-electron chi connectivity index (χ1n) is 10.3. The number of anilines is 2. The summed E-state index contributed by atoms with van der Waals surface area (Å²) in [5.41, 5.74) is 3.47. The molecule has 0 saturated carbocycles. The van der Waals surface area contributed by atoms with Crippen molar-refractivity contribution in [2.45, 2.75) is 44.6 Å². The number of likely N-dealkylation sites (tertiary alicyclic amines) is 1. The fourth-order valence-electron chi connectivity index (χ4n) is 4.31. The molecule has 2 aliphatic rings.